The molecule has 6 heteroatoms. The highest BCUT2D eigenvalue weighted by atomic mass is 16.3. The zero-order valence-corrected chi connectivity index (χ0v) is 17.5. The van der Waals surface area contributed by atoms with Crippen molar-refractivity contribution in [3.8, 4) is 0 Å². The quantitative estimate of drug-likeness (QED) is 0.498. The molecule has 1 atom stereocenters. The molecule has 0 aromatic heterocycles. The molecular formula is C25H27N3O3. The number of hydrogen-bond donors (Lipinski definition) is 3. The molecule has 0 fully saturated rings. The summed E-state index contributed by atoms with van der Waals surface area (Å²) in [5.74, 6) is -0.531. The van der Waals surface area contributed by atoms with Gasteiger partial charge < -0.3 is 20.6 Å². The Kier molecular flexibility index (Phi) is 7.79. The van der Waals surface area contributed by atoms with E-state index in [0.717, 1.165) is 11.3 Å². The molecule has 0 radical (unpaired) electrons. The van der Waals surface area contributed by atoms with Crippen molar-refractivity contribution in [3.05, 3.63) is 96.1 Å². The average molecular weight is 418 g/mol. The van der Waals surface area contributed by atoms with Crippen LogP contribution in [0.1, 0.15) is 22.8 Å². The molecule has 0 saturated heterocycles. The lowest BCUT2D eigenvalue weighted by atomic mass is 10.1. The fraction of sp³-hybridized carbons (Fsp3) is 0.200. The van der Waals surface area contributed by atoms with E-state index in [-0.39, 0.29) is 18.4 Å². The van der Waals surface area contributed by atoms with E-state index < -0.39 is 6.10 Å². The van der Waals surface area contributed by atoms with E-state index >= 15 is 0 Å². The fourth-order valence-corrected chi connectivity index (χ4v) is 3.25. The van der Waals surface area contributed by atoms with Crippen LogP contribution < -0.4 is 15.5 Å². The van der Waals surface area contributed by atoms with Crippen LogP contribution in [0.2, 0.25) is 0 Å². The number of nitrogens with one attached hydrogen (secondary N) is 2. The van der Waals surface area contributed by atoms with Gasteiger partial charge in [-0.2, -0.15) is 0 Å². The molecule has 6 nitrogen and oxygen atoms in total. The van der Waals surface area contributed by atoms with Crippen LogP contribution in [0.5, 0.6) is 0 Å². The topological polar surface area (TPSA) is 81.7 Å². The van der Waals surface area contributed by atoms with Crippen LogP contribution in [0.3, 0.4) is 0 Å². The maximum absolute atomic E-state index is 12.8. The summed E-state index contributed by atoms with van der Waals surface area (Å²) in [5.41, 5.74) is 2.68. The first-order valence-electron chi connectivity index (χ1n) is 10.2. The minimum atomic E-state index is -0.593. The largest absolute Gasteiger partial charge is 0.392 e. The molecule has 160 valence electrons. The van der Waals surface area contributed by atoms with Crippen molar-refractivity contribution in [1.82, 2.24) is 5.32 Å². The maximum atomic E-state index is 12.8. The van der Waals surface area contributed by atoms with E-state index in [1.165, 1.54) is 0 Å². The SMILES string of the molecule is CC(O)CN(CC(=O)Nc1ccccc1C(=O)NCc1ccccc1)c1ccccc1. The van der Waals surface area contributed by atoms with Gasteiger partial charge in [0.15, 0.2) is 0 Å². The van der Waals surface area contributed by atoms with Gasteiger partial charge in [0.2, 0.25) is 5.91 Å². The van der Waals surface area contributed by atoms with Crippen LogP contribution in [0, 0.1) is 0 Å². The number of hydrogen-bond acceptors (Lipinski definition) is 4. The molecular weight excluding hydrogens is 390 g/mol. The van der Waals surface area contributed by atoms with Gasteiger partial charge in [0.1, 0.15) is 0 Å². The first-order chi connectivity index (χ1) is 15.0. The Morgan fingerprint density at radius 3 is 2.19 bits per heavy atom. The highest BCUT2D eigenvalue weighted by Gasteiger charge is 2.17. The number of aliphatic hydroxyl groups is 1. The standard InChI is InChI=1S/C25H27N3O3/c1-19(29)17-28(21-12-6-3-7-13-21)18-24(30)27-23-15-9-8-14-22(23)25(31)26-16-20-10-4-2-5-11-20/h2-15,19,29H,16-18H2,1H3,(H,26,31)(H,27,30). The Morgan fingerprint density at radius 2 is 1.52 bits per heavy atom. The Morgan fingerprint density at radius 1 is 0.903 bits per heavy atom. The molecule has 3 N–H and O–H groups in total. The zero-order valence-electron chi connectivity index (χ0n) is 17.5. The summed E-state index contributed by atoms with van der Waals surface area (Å²) >= 11 is 0. The Balaban J connectivity index is 1.67. The van der Waals surface area contributed by atoms with Crippen molar-refractivity contribution in [2.24, 2.45) is 0 Å². The van der Waals surface area contributed by atoms with Crippen LogP contribution >= 0.6 is 0 Å². The number of rotatable bonds is 9. The summed E-state index contributed by atoms with van der Waals surface area (Å²) < 4.78 is 0. The summed E-state index contributed by atoms with van der Waals surface area (Å²) in [6.45, 7) is 2.45. The molecule has 1 unspecified atom stereocenters. The van der Waals surface area contributed by atoms with Gasteiger partial charge in [-0.25, -0.2) is 0 Å². The van der Waals surface area contributed by atoms with E-state index in [1.807, 2.05) is 60.7 Å². The third-order valence-corrected chi connectivity index (χ3v) is 4.68. The predicted molar refractivity (Wildman–Crippen MR) is 123 cm³/mol. The van der Waals surface area contributed by atoms with Gasteiger partial charge in [-0.15, -0.1) is 0 Å². The molecule has 3 aromatic rings. The lowest BCUT2D eigenvalue weighted by Gasteiger charge is -2.25. The van der Waals surface area contributed by atoms with Crippen molar-refractivity contribution in [2.45, 2.75) is 19.6 Å². The number of nitrogens with zero attached hydrogens (tertiary/aromatic N) is 1. The van der Waals surface area contributed by atoms with Crippen molar-refractivity contribution in [2.75, 3.05) is 23.3 Å². The number of aliphatic hydroxyl groups excluding tert-OH is 1. The average Bonchev–Trinajstić information content (AvgIpc) is 2.78. The number of carbonyl (C=O) groups excluding carboxylic acids is 2. The highest BCUT2D eigenvalue weighted by Crippen LogP contribution is 2.17. The Labute approximate surface area is 182 Å². The minimum absolute atomic E-state index is 0.0505. The van der Waals surface area contributed by atoms with Crippen LogP contribution in [-0.2, 0) is 11.3 Å². The second-order valence-electron chi connectivity index (χ2n) is 7.33. The van der Waals surface area contributed by atoms with Gasteiger partial charge in [-0.1, -0.05) is 60.7 Å². The van der Waals surface area contributed by atoms with Crippen molar-refractivity contribution in [1.29, 1.82) is 0 Å². The molecule has 0 heterocycles. The minimum Gasteiger partial charge on any atom is -0.392 e. The summed E-state index contributed by atoms with van der Waals surface area (Å²) in [7, 11) is 0. The molecule has 31 heavy (non-hydrogen) atoms. The van der Waals surface area contributed by atoms with E-state index in [0.29, 0.717) is 24.3 Å². The van der Waals surface area contributed by atoms with Crippen LogP contribution in [-0.4, -0.2) is 36.1 Å². The second-order valence-corrected chi connectivity index (χ2v) is 7.33. The third kappa shape index (κ3) is 6.69. The van der Waals surface area contributed by atoms with Crippen LogP contribution in [0.25, 0.3) is 0 Å². The summed E-state index contributed by atoms with van der Waals surface area (Å²) in [6.07, 6.45) is -0.593. The van der Waals surface area contributed by atoms with Gasteiger partial charge in [-0.05, 0) is 36.8 Å². The fourth-order valence-electron chi connectivity index (χ4n) is 3.25. The number of benzene rings is 3. The predicted octanol–water partition coefficient (Wildman–Crippen LogP) is 3.44. The lowest BCUT2D eigenvalue weighted by Crippen LogP contribution is -2.38. The smallest absolute Gasteiger partial charge is 0.253 e. The lowest BCUT2D eigenvalue weighted by molar-refractivity contribution is -0.115. The first-order valence-corrected chi connectivity index (χ1v) is 10.2. The first kappa shape index (κ1) is 22.1. The van der Waals surface area contributed by atoms with Gasteiger partial charge in [-0.3, -0.25) is 9.59 Å². The van der Waals surface area contributed by atoms with Crippen molar-refractivity contribution in [3.63, 3.8) is 0 Å². The number of amides is 2. The van der Waals surface area contributed by atoms with Crippen molar-refractivity contribution < 1.29 is 14.7 Å². The summed E-state index contributed by atoms with van der Waals surface area (Å²) in [5, 5.41) is 15.6. The van der Waals surface area contributed by atoms with Crippen molar-refractivity contribution >= 4 is 23.2 Å². The van der Waals surface area contributed by atoms with Gasteiger partial charge >= 0.3 is 0 Å². The Hall–Kier alpha value is -3.64. The number of para-hydroxylation sites is 2. The van der Waals surface area contributed by atoms with Crippen LogP contribution in [0.15, 0.2) is 84.9 Å². The second kappa shape index (κ2) is 10.9. The molecule has 0 aliphatic heterocycles. The van der Waals surface area contributed by atoms with Gasteiger partial charge in [0.25, 0.3) is 5.91 Å². The van der Waals surface area contributed by atoms with E-state index in [9.17, 15) is 14.7 Å². The normalized spacial score (nSPS) is 11.4. The molecule has 0 spiro atoms. The molecule has 0 saturated carbocycles. The van der Waals surface area contributed by atoms with Crippen LogP contribution in [0.4, 0.5) is 11.4 Å². The highest BCUT2D eigenvalue weighted by molar-refractivity contribution is 6.04. The zero-order chi connectivity index (χ0) is 22.1. The summed E-state index contributed by atoms with van der Waals surface area (Å²) in [6, 6.07) is 26.0. The molecule has 0 bridgehead atoms. The monoisotopic (exact) mass is 417 g/mol. The van der Waals surface area contributed by atoms with E-state index in [4.69, 9.17) is 0 Å². The van der Waals surface area contributed by atoms with E-state index in [2.05, 4.69) is 10.6 Å². The molecule has 2 amide bonds. The molecule has 3 rings (SSSR count). The Bertz CT molecular complexity index is 991. The number of anilines is 2. The summed E-state index contributed by atoms with van der Waals surface area (Å²) in [4.78, 5) is 27.3. The van der Waals surface area contributed by atoms with Gasteiger partial charge in [0, 0.05) is 18.8 Å². The molecule has 3 aromatic carbocycles. The third-order valence-electron chi connectivity index (χ3n) is 4.68. The van der Waals surface area contributed by atoms with Gasteiger partial charge in [0.05, 0.1) is 23.9 Å². The van der Waals surface area contributed by atoms with E-state index in [1.54, 1.807) is 36.1 Å². The maximum Gasteiger partial charge on any atom is 0.253 e. The molecule has 0 aliphatic carbocycles. The number of carbonyl (C=O) groups is 2. The molecule has 0 aliphatic rings.